The highest BCUT2D eigenvalue weighted by molar-refractivity contribution is 5.51. The van der Waals surface area contributed by atoms with Crippen LogP contribution in [0.2, 0.25) is 0 Å². The second kappa shape index (κ2) is 8.64. The smallest absolute Gasteiger partial charge is 0.119 e. The largest absolute Gasteiger partial charge is 0.512 e. The molecule has 182 valence electrons. The van der Waals surface area contributed by atoms with Crippen molar-refractivity contribution in [3.05, 3.63) is 119 Å². The van der Waals surface area contributed by atoms with Crippen LogP contribution in [0.3, 0.4) is 0 Å². The number of phenolic OH excluding ortho intramolecular Hbond substituents is 2. The molecule has 1 aliphatic rings. The van der Waals surface area contributed by atoms with Gasteiger partial charge in [-0.25, -0.2) is 0 Å². The number of aryl methyl sites for hydroxylation is 1. The molecule has 0 fully saturated rings. The van der Waals surface area contributed by atoms with Crippen molar-refractivity contribution in [1.82, 2.24) is 0 Å². The summed E-state index contributed by atoms with van der Waals surface area (Å²) in [6, 6.07) is 21.7. The number of aliphatic hydroxyl groups is 1. The number of allylic oxidation sites excluding steroid dienone is 4. The normalized spacial score (nSPS) is 19.1. The highest BCUT2D eigenvalue weighted by Gasteiger charge is 2.49. The van der Waals surface area contributed by atoms with Gasteiger partial charge in [-0.1, -0.05) is 101 Å². The Labute approximate surface area is 209 Å². The van der Waals surface area contributed by atoms with Crippen LogP contribution in [0.5, 0.6) is 11.5 Å². The molecular formula is C32H36O3. The van der Waals surface area contributed by atoms with Crippen LogP contribution in [0.4, 0.5) is 0 Å². The molecule has 3 N–H and O–H groups in total. The average molecular weight is 469 g/mol. The maximum Gasteiger partial charge on any atom is 0.119 e. The maximum atomic E-state index is 11.1. The second-order valence-electron chi connectivity index (χ2n) is 11.1. The minimum Gasteiger partial charge on any atom is -0.512 e. The van der Waals surface area contributed by atoms with Gasteiger partial charge in [0, 0.05) is 22.3 Å². The van der Waals surface area contributed by atoms with Crippen molar-refractivity contribution >= 4 is 0 Å². The van der Waals surface area contributed by atoms with Crippen LogP contribution in [-0.2, 0) is 10.8 Å². The molecule has 0 amide bonds. The zero-order valence-corrected chi connectivity index (χ0v) is 21.5. The lowest BCUT2D eigenvalue weighted by Crippen LogP contribution is -2.43. The fourth-order valence-electron chi connectivity index (χ4n) is 5.84. The summed E-state index contributed by atoms with van der Waals surface area (Å²) < 4.78 is 0. The highest BCUT2D eigenvalue weighted by Crippen LogP contribution is 2.53. The van der Waals surface area contributed by atoms with E-state index < -0.39 is 5.41 Å². The molecule has 0 saturated heterocycles. The predicted octanol–water partition coefficient (Wildman–Crippen LogP) is 7.69. The Balaban J connectivity index is 1.85. The van der Waals surface area contributed by atoms with E-state index in [0.717, 1.165) is 27.8 Å². The monoisotopic (exact) mass is 468 g/mol. The van der Waals surface area contributed by atoms with E-state index in [1.54, 1.807) is 18.2 Å². The Morgan fingerprint density at radius 1 is 0.743 bits per heavy atom. The fraction of sp³-hybridized carbons (Fsp3) is 0.312. The fourth-order valence-corrected chi connectivity index (χ4v) is 5.84. The van der Waals surface area contributed by atoms with E-state index in [2.05, 4.69) is 65.0 Å². The number of para-hydroxylation sites is 1. The SMILES string of the molecule is Cc1cc(C(C)(C)c2ccc(C(C)(c3ccccc3O)C3C(O)=CC=CC3(C)C)cc2)ccc1O. The molecule has 0 aliphatic heterocycles. The number of benzene rings is 3. The summed E-state index contributed by atoms with van der Waals surface area (Å²) in [5.74, 6) is 0.562. The van der Waals surface area contributed by atoms with Gasteiger partial charge in [-0.2, -0.15) is 0 Å². The highest BCUT2D eigenvalue weighted by atomic mass is 16.3. The first-order chi connectivity index (χ1) is 16.4. The van der Waals surface area contributed by atoms with Gasteiger partial charge < -0.3 is 15.3 Å². The number of hydrogen-bond acceptors (Lipinski definition) is 3. The Bertz CT molecular complexity index is 1290. The van der Waals surface area contributed by atoms with Crippen molar-refractivity contribution in [2.45, 2.75) is 52.4 Å². The summed E-state index contributed by atoms with van der Waals surface area (Å²) in [6.45, 7) is 12.6. The number of hydrogen-bond donors (Lipinski definition) is 3. The quantitative estimate of drug-likeness (QED) is 0.360. The standard InChI is InChI=1S/C32H36O3/c1-21-20-24(17-18-26(21)33)31(4,5)22-13-15-23(16-14-22)32(6,25-10-7-8-11-27(25)34)29-28(35)12-9-19-30(29,2)3/h7-20,29,33-35H,1-6H3. The van der Waals surface area contributed by atoms with E-state index in [-0.39, 0.29) is 22.5 Å². The first-order valence-corrected chi connectivity index (χ1v) is 12.2. The Hall–Kier alpha value is -3.46. The van der Waals surface area contributed by atoms with E-state index in [9.17, 15) is 15.3 Å². The first kappa shape index (κ1) is 24.7. The van der Waals surface area contributed by atoms with Crippen molar-refractivity contribution in [2.75, 3.05) is 0 Å². The molecule has 2 atom stereocenters. The van der Waals surface area contributed by atoms with Crippen molar-refractivity contribution in [3.63, 3.8) is 0 Å². The molecule has 3 nitrogen and oxygen atoms in total. The Morgan fingerprint density at radius 3 is 1.94 bits per heavy atom. The molecule has 2 unspecified atom stereocenters. The van der Waals surface area contributed by atoms with Gasteiger partial charge in [0.2, 0.25) is 0 Å². The van der Waals surface area contributed by atoms with Crippen LogP contribution in [0, 0.1) is 18.3 Å². The van der Waals surface area contributed by atoms with Gasteiger partial charge in [0.05, 0.1) is 5.76 Å². The van der Waals surface area contributed by atoms with Crippen LogP contribution in [0.1, 0.15) is 62.4 Å². The second-order valence-corrected chi connectivity index (χ2v) is 11.1. The van der Waals surface area contributed by atoms with Crippen molar-refractivity contribution < 1.29 is 15.3 Å². The van der Waals surface area contributed by atoms with Crippen LogP contribution in [0.15, 0.2) is 90.7 Å². The molecule has 3 heteroatoms. The molecule has 0 radical (unpaired) electrons. The number of aromatic hydroxyl groups is 2. The molecule has 0 aromatic heterocycles. The van der Waals surface area contributed by atoms with Crippen molar-refractivity contribution in [3.8, 4) is 11.5 Å². The van der Waals surface area contributed by atoms with Gasteiger partial charge in [0.1, 0.15) is 11.5 Å². The molecule has 0 heterocycles. The molecular weight excluding hydrogens is 432 g/mol. The van der Waals surface area contributed by atoms with Crippen LogP contribution >= 0.6 is 0 Å². The molecule has 3 aromatic rings. The lowest BCUT2D eigenvalue weighted by molar-refractivity contribution is 0.157. The lowest BCUT2D eigenvalue weighted by Gasteiger charge is -2.47. The summed E-state index contributed by atoms with van der Waals surface area (Å²) in [7, 11) is 0. The molecule has 0 saturated carbocycles. The first-order valence-electron chi connectivity index (χ1n) is 12.2. The third kappa shape index (κ3) is 4.14. The Kier molecular flexibility index (Phi) is 6.09. The van der Waals surface area contributed by atoms with Gasteiger partial charge >= 0.3 is 0 Å². The minimum atomic E-state index is -0.683. The third-order valence-corrected chi connectivity index (χ3v) is 8.00. The van der Waals surface area contributed by atoms with E-state index in [4.69, 9.17) is 0 Å². The van der Waals surface area contributed by atoms with Crippen molar-refractivity contribution in [1.29, 1.82) is 0 Å². The average Bonchev–Trinajstić information content (AvgIpc) is 2.80. The number of phenols is 2. The lowest BCUT2D eigenvalue weighted by atomic mass is 9.56. The third-order valence-electron chi connectivity index (χ3n) is 8.00. The Morgan fingerprint density at radius 2 is 1.34 bits per heavy atom. The van der Waals surface area contributed by atoms with Gasteiger partial charge in [0.25, 0.3) is 0 Å². The molecule has 1 aliphatic carbocycles. The van der Waals surface area contributed by atoms with E-state index in [1.165, 1.54) is 0 Å². The number of rotatable bonds is 5. The topological polar surface area (TPSA) is 60.7 Å². The predicted molar refractivity (Wildman–Crippen MR) is 143 cm³/mol. The van der Waals surface area contributed by atoms with E-state index in [1.807, 2.05) is 43.3 Å². The summed E-state index contributed by atoms with van der Waals surface area (Å²) in [5.41, 5.74) is 3.65. The van der Waals surface area contributed by atoms with E-state index in [0.29, 0.717) is 11.5 Å². The molecule has 35 heavy (non-hydrogen) atoms. The van der Waals surface area contributed by atoms with Crippen LogP contribution < -0.4 is 0 Å². The molecule has 4 rings (SSSR count). The van der Waals surface area contributed by atoms with Gasteiger partial charge in [-0.05, 0) is 52.8 Å². The van der Waals surface area contributed by atoms with Gasteiger partial charge in [-0.3, -0.25) is 0 Å². The molecule has 0 bridgehead atoms. The minimum absolute atomic E-state index is 0.220. The van der Waals surface area contributed by atoms with Gasteiger partial charge in [0.15, 0.2) is 0 Å². The van der Waals surface area contributed by atoms with Crippen LogP contribution in [0.25, 0.3) is 0 Å². The summed E-state index contributed by atoms with van der Waals surface area (Å²) in [4.78, 5) is 0. The van der Waals surface area contributed by atoms with E-state index >= 15 is 0 Å². The zero-order chi connectivity index (χ0) is 25.6. The molecule has 3 aromatic carbocycles. The summed E-state index contributed by atoms with van der Waals surface area (Å²) in [6.07, 6.45) is 5.79. The number of aliphatic hydroxyl groups excluding tert-OH is 1. The molecule has 0 spiro atoms. The van der Waals surface area contributed by atoms with Gasteiger partial charge in [-0.15, -0.1) is 0 Å². The maximum absolute atomic E-state index is 11.1. The van der Waals surface area contributed by atoms with Crippen LogP contribution in [-0.4, -0.2) is 15.3 Å². The zero-order valence-electron chi connectivity index (χ0n) is 21.5. The summed E-state index contributed by atoms with van der Waals surface area (Å²) >= 11 is 0. The van der Waals surface area contributed by atoms with Crippen molar-refractivity contribution in [2.24, 2.45) is 11.3 Å². The summed E-state index contributed by atoms with van der Waals surface area (Å²) in [5, 5.41) is 32.1.